The minimum Gasteiger partial charge on any atom is -0.494 e. The number of benzene rings is 2. The lowest BCUT2D eigenvalue weighted by atomic mass is 10.1. The Balaban J connectivity index is 2.31. The van der Waals surface area contributed by atoms with Crippen LogP contribution in [-0.4, -0.2) is 6.61 Å². The van der Waals surface area contributed by atoms with E-state index in [2.05, 4.69) is 6.07 Å². The highest BCUT2D eigenvalue weighted by Gasteiger charge is 2.03. The van der Waals surface area contributed by atoms with Crippen molar-refractivity contribution in [2.45, 2.75) is 6.92 Å². The molecule has 0 heterocycles. The van der Waals surface area contributed by atoms with Gasteiger partial charge in [-0.2, -0.15) is 0 Å². The maximum atomic E-state index is 13.5. The molecule has 0 atom stereocenters. The summed E-state index contributed by atoms with van der Waals surface area (Å²) in [4.78, 5) is 0. The van der Waals surface area contributed by atoms with Crippen LogP contribution in [0, 0.1) is 11.9 Å². The number of rotatable bonds is 3. The van der Waals surface area contributed by atoms with Crippen molar-refractivity contribution in [2.75, 3.05) is 6.61 Å². The second-order valence-electron chi connectivity index (χ2n) is 3.36. The molecule has 2 rings (SSSR count). The van der Waals surface area contributed by atoms with E-state index in [-0.39, 0.29) is 5.82 Å². The number of hydrogen-bond donors (Lipinski definition) is 0. The minimum atomic E-state index is -0.258. The van der Waals surface area contributed by atoms with Gasteiger partial charge < -0.3 is 4.74 Å². The van der Waals surface area contributed by atoms with Gasteiger partial charge in [0.05, 0.1) is 6.61 Å². The van der Waals surface area contributed by atoms with E-state index < -0.39 is 0 Å². The Morgan fingerprint density at radius 3 is 2.56 bits per heavy atom. The van der Waals surface area contributed by atoms with Gasteiger partial charge in [-0.1, -0.05) is 24.3 Å². The van der Waals surface area contributed by atoms with E-state index in [9.17, 15) is 4.39 Å². The highest BCUT2D eigenvalue weighted by Crippen LogP contribution is 2.24. The van der Waals surface area contributed by atoms with Crippen molar-refractivity contribution in [3.05, 3.63) is 54.3 Å². The second-order valence-corrected chi connectivity index (χ2v) is 3.36. The van der Waals surface area contributed by atoms with Crippen LogP contribution in [0.3, 0.4) is 0 Å². The molecule has 0 fully saturated rings. The number of hydrogen-bond acceptors (Lipinski definition) is 1. The van der Waals surface area contributed by atoms with Crippen LogP contribution >= 0.6 is 0 Å². The SMILES string of the molecule is CCOc1ccc(-c2cc[c]cc2F)cc1. The summed E-state index contributed by atoms with van der Waals surface area (Å²) in [5.41, 5.74) is 1.43. The predicted molar refractivity (Wildman–Crippen MR) is 61.8 cm³/mol. The van der Waals surface area contributed by atoms with Gasteiger partial charge in [0.25, 0.3) is 0 Å². The summed E-state index contributed by atoms with van der Waals surface area (Å²) in [5, 5.41) is 0. The van der Waals surface area contributed by atoms with Gasteiger partial charge in [0, 0.05) is 5.56 Å². The third kappa shape index (κ3) is 2.22. The Labute approximate surface area is 94.5 Å². The molecule has 0 saturated heterocycles. The zero-order valence-corrected chi connectivity index (χ0v) is 9.03. The first-order chi connectivity index (χ1) is 7.81. The summed E-state index contributed by atoms with van der Waals surface area (Å²) in [5.74, 6) is 0.542. The Morgan fingerprint density at radius 1 is 1.19 bits per heavy atom. The molecule has 0 aliphatic rings. The van der Waals surface area contributed by atoms with E-state index in [0.717, 1.165) is 11.3 Å². The van der Waals surface area contributed by atoms with Crippen molar-refractivity contribution < 1.29 is 9.13 Å². The minimum absolute atomic E-state index is 0.258. The lowest BCUT2D eigenvalue weighted by molar-refractivity contribution is 0.340. The Kier molecular flexibility index (Phi) is 3.20. The first kappa shape index (κ1) is 10.7. The lowest BCUT2D eigenvalue weighted by Crippen LogP contribution is -1.91. The van der Waals surface area contributed by atoms with Crippen LogP contribution in [0.25, 0.3) is 11.1 Å². The van der Waals surface area contributed by atoms with Crippen LogP contribution < -0.4 is 4.74 Å². The zero-order chi connectivity index (χ0) is 11.4. The van der Waals surface area contributed by atoms with Crippen molar-refractivity contribution in [3.8, 4) is 16.9 Å². The lowest BCUT2D eigenvalue weighted by Gasteiger charge is -2.05. The Morgan fingerprint density at radius 2 is 1.94 bits per heavy atom. The quantitative estimate of drug-likeness (QED) is 0.758. The topological polar surface area (TPSA) is 9.23 Å². The Hall–Kier alpha value is -1.83. The maximum Gasteiger partial charge on any atom is 0.131 e. The van der Waals surface area contributed by atoms with E-state index in [0.29, 0.717) is 12.2 Å². The molecule has 0 spiro atoms. The van der Waals surface area contributed by atoms with Crippen LogP contribution in [-0.2, 0) is 0 Å². The van der Waals surface area contributed by atoms with Gasteiger partial charge in [-0.15, -0.1) is 0 Å². The summed E-state index contributed by atoms with van der Waals surface area (Å²) in [7, 11) is 0. The van der Waals surface area contributed by atoms with E-state index >= 15 is 0 Å². The van der Waals surface area contributed by atoms with E-state index in [1.54, 1.807) is 12.1 Å². The van der Waals surface area contributed by atoms with Crippen LogP contribution in [0.15, 0.2) is 42.5 Å². The first-order valence-corrected chi connectivity index (χ1v) is 5.20. The normalized spacial score (nSPS) is 10.1. The van der Waals surface area contributed by atoms with Crippen LogP contribution in [0.5, 0.6) is 5.75 Å². The van der Waals surface area contributed by atoms with E-state index in [1.165, 1.54) is 6.07 Å². The predicted octanol–water partition coefficient (Wildman–Crippen LogP) is 3.69. The smallest absolute Gasteiger partial charge is 0.131 e. The molecule has 0 N–H and O–H groups in total. The molecule has 16 heavy (non-hydrogen) atoms. The Bertz CT molecular complexity index is 462. The van der Waals surface area contributed by atoms with Gasteiger partial charge in [-0.05, 0) is 36.8 Å². The van der Waals surface area contributed by atoms with Gasteiger partial charge in [-0.25, -0.2) is 4.39 Å². The van der Waals surface area contributed by atoms with E-state index in [4.69, 9.17) is 4.74 Å². The molecule has 0 unspecified atom stereocenters. The van der Waals surface area contributed by atoms with Gasteiger partial charge >= 0.3 is 0 Å². The summed E-state index contributed by atoms with van der Waals surface area (Å²) in [6.45, 7) is 2.56. The van der Waals surface area contributed by atoms with Gasteiger partial charge in [-0.3, -0.25) is 0 Å². The number of ether oxygens (including phenoxy) is 1. The average molecular weight is 215 g/mol. The largest absolute Gasteiger partial charge is 0.494 e. The molecule has 2 aromatic rings. The van der Waals surface area contributed by atoms with Gasteiger partial charge in [0.15, 0.2) is 0 Å². The van der Waals surface area contributed by atoms with Gasteiger partial charge in [0.1, 0.15) is 11.6 Å². The molecule has 0 aliphatic carbocycles. The zero-order valence-electron chi connectivity index (χ0n) is 9.03. The van der Waals surface area contributed by atoms with Crippen molar-refractivity contribution in [1.29, 1.82) is 0 Å². The molecular weight excluding hydrogens is 203 g/mol. The summed E-state index contributed by atoms with van der Waals surface area (Å²) < 4.78 is 18.8. The van der Waals surface area contributed by atoms with Crippen molar-refractivity contribution in [1.82, 2.24) is 0 Å². The fourth-order valence-corrected chi connectivity index (χ4v) is 1.54. The molecule has 1 nitrogen and oxygen atoms in total. The van der Waals surface area contributed by atoms with E-state index in [1.807, 2.05) is 31.2 Å². The third-order valence-electron chi connectivity index (χ3n) is 2.29. The monoisotopic (exact) mass is 215 g/mol. The molecule has 2 heteroatoms. The summed E-state index contributed by atoms with van der Waals surface area (Å²) >= 11 is 0. The molecule has 0 amide bonds. The first-order valence-electron chi connectivity index (χ1n) is 5.20. The van der Waals surface area contributed by atoms with Crippen LogP contribution in [0.2, 0.25) is 0 Å². The molecule has 0 saturated carbocycles. The van der Waals surface area contributed by atoms with Crippen molar-refractivity contribution in [3.63, 3.8) is 0 Å². The fourth-order valence-electron chi connectivity index (χ4n) is 1.54. The highest BCUT2D eigenvalue weighted by molar-refractivity contribution is 5.64. The molecule has 2 aromatic carbocycles. The second kappa shape index (κ2) is 4.79. The molecular formula is C14H12FO. The standard InChI is InChI=1S/C14H12FO/c1-2-16-12-9-7-11(8-10-12)13-5-3-4-6-14(13)15/h3,5-10H,2H2,1H3. The molecule has 1 radical (unpaired) electrons. The molecule has 81 valence electrons. The van der Waals surface area contributed by atoms with Crippen molar-refractivity contribution >= 4 is 0 Å². The fraction of sp³-hybridized carbons (Fsp3) is 0.143. The number of halogens is 1. The summed E-state index contributed by atoms with van der Waals surface area (Å²) in [6, 6.07) is 14.8. The highest BCUT2D eigenvalue weighted by atomic mass is 19.1. The van der Waals surface area contributed by atoms with Gasteiger partial charge in [0.2, 0.25) is 0 Å². The van der Waals surface area contributed by atoms with Crippen molar-refractivity contribution in [2.24, 2.45) is 0 Å². The van der Waals surface area contributed by atoms with Crippen LogP contribution in [0.4, 0.5) is 4.39 Å². The average Bonchev–Trinajstić information content (AvgIpc) is 2.31. The third-order valence-corrected chi connectivity index (χ3v) is 2.29. The summed E-state index contributed by atoms with van der Waals surface area (Å²) in [6.07, 6.45) is 0. The molecule has 0 aromatic heterocycles. The maximum absolute atomic E-state index is 13.5. The molecule has 0 bridgehead atoms. The van der Waals surface area contributed by atoms with Crippen LogP contribution in [0.1, 0.15) is 6.92 Å². The molecule has 0 aliphatic heterocycles.